The van der Waals surface area contributed by atoms with Gasteiger partial charge in [0.05, 0.1) is 30.3 Å². The van der Waals surface area contributed by atoms with Crippen molar-refractivity contribution in [2.24, 2.45) is 0 Å². The van der Waals surface area contributed by atoms with Gasteiger partial charge in [0.25, 0.3) is 0 Å². The second-order valence-corrected chi connectivity index (χ2v) is 7.35. The van der Waals surface area contributed by atoms with E-state index in [2.05, 4.69) is 5.32 Å². The lowest BCUT2D eigenvalue weighted by atomic mass is 9.88. The highest BCUT2D eigenvalue weighted by atomic mass is 19.4. The second kappa shape index (κ2) is 8.19. The van der Waals surface area contributed by atoms with Crippen LogP contribution in [0.4, 0.5) is 30.7 Å². The number of ether oxygens (including phenoxy) is 1. The lowest BCUT2D eigenvalue weighted by Gasteiger charge is -2.30. The van der Waals surface area contributed by atoms with Crippen LogP contribution in [0, 0.1) is 5.82 Å². The van der Waals surface area contributed by atoms with Crippen molar-refractivity contribution in [3.05, 3.63) is 70.5 Å². The number of hydrogen-bond donors (Lipinski definition) is 1. The Hall–Kier alpha value is -2.95. The van der Waals surface area contributed by atoms with Gasteiger partial charge >= 0.3 is 12.4 Å². The maximum atomic E-state index is 13.3. The number of Topliss-reactive ketones (excluding diaryl/α,β-unsaturated/α-hetero) is 1. The summed E-state index contributed by atoms with van der Waals surface area (Å²) in [6.45, 7) is 0.636. The third-order valence-electron chi connectivity index (χ3n) is 5.12. The van der Waals surface area contributed by atoms with Gasteiger partial charge in [-0.15, -0.1) is 0 Å². The highest BCUT2D eigenvalue weighted by molar-refractivity contribution is 6.10. The molecule has 11 heteroatoms. The van der Waals surface area contributed by atoms with Crippen LogP contribution in [0.1, 0.15) is 41.7 Å². The van der Waals surface area contributed by atoms with Crippen molar-refractivity contribution in [1.29, 1.82) is 0 Å². The summed E-state index contributed by atoms with van der Waals surface area (Å²) in [5, 5.41) is 2.44. The topological polar surface area (TPSA) is 55.4 Å². The van der Waals surface area contributed by atoms with Crippen molar-refractivity contribution < 1.29 is 45.1 Å². The molecular weight excluding hydrogens is 447 g/mol. The predicted molar refractivity (Wildman–Crippen MR) is 96.7 cm³/mol. The van der Waals surface area contributed by atoms with Crippen LogP contribution in [0.15, 0.2) is 42.5 Å². The summed E-state index contributed by atoms with van der Waals surface area (Å²) in [5.41, 5.74) is -5.00. The van der Waals surface area contributed by atoms with Gasteiger partial charge in [-0.05, 0) is 48.4 Å². The predicted octanol–water partition coefficient (Wildman–Crippen LogP) is 4.93. The summed E-state index contributed by atoms with van der Waals surface area (Å²) in [6.07, 6.45) is -11.9. The van der Waals surface area contributed by atoms with E-state index in [1.807, 2.05) is 0 Å². The molecule has 2 atom stereocenters. The monoisotopic (exact) mass is 463 g/mol. The van der Waals surface area contributed by atoms with Crippen molar-refractivity contribution in [2.45, 2.75) is 37.3 Å². The third kappa shape index (κ3) is 4.77. The number of amides is 1. The molecule has 1 aliphatic heterocycles. The van der Waals surface area contributed by atoms with Crippen LogP contribution < -0.4 is 5.32 Å². The van der Waals surface area contributed by atoms with Crippen LogP contribution >= 0.6 is 0 Å². The standard InChI is InChI=1S/C21H16F7NO3/c1-11(12-6-14(20(23,24)25)8-15(7-12)21(26,27)28)32-10-19(17(30)9-18(31)29-19)13-2-4-16(22)5-3-13/h2-8,11H,9-10H2,1H3,(H,29,31)/t11-,19-/m1/s1. The molecule has 1 fully saturated rings. The van der Waals surface area contributed by atoms with Gasteiger partial charge < -0.3 is 10.1 Å². The van der Waals surface area contributed by atoms with E-state index in [0.717, 1.165) is 12.1 Å². The van der Waals surface area contributed by atoms with Crippen LogP contribution in [0.25, 0.3) is 0 Å². The molecule has 1 N–H and O–H groups in total. The van der Waals surface area contributed by atoms with Gasteiger partial charge in [0.2, 0.25) is 5.91 Å². The Kier molecular flexibility index (Phi) is 6.07. The number of ketones is 1. The minimum Gasteiger partial charge on any atom is -0.371 e. The molecule has 3 rings (SSSR count). The summed E-state index contributed by atoms with van der Waals surface area (Å²) in [4.78, 5) is 24.4. The molecule has 4 nitrogen and oxygen atoms in total. The molecule has 2 aromatic rings. The van der Waals surface area contributed by atoms with Crippen LogP contribution in [0.2, 0.25) is 0 Å². The Morgan fingerprint density at radius 2 is 1.50 bits per heavy atom. The molecule has 0 aliphatic carbocycles. The summed E-state index contributed by atoms with van der Waals surface area (Å²) in [6, 6.07) is 5.61. The molecule has 1 heterocycles. The van der Waals surface area contributed by atoms with E-state index < -0.39 is 71.2 Å². The van der Waals surface area contributed by atoms with Gasteiger partial charge in [-0.1, -0.05) is 12.1 Å². The molecule has 1 amide bonds. The Balaban J connectivity index is 1.93. The van der Waals surface area contributed by atoms with Crippen molar-refractivity contribution in [3.8, 4) is 0 Å². The zero-order chi connectivity index (χ0) is 23.9. The molecule has 0 aromatic heterocycles. The lowest BCUT2D eigenvalue weighted by Crippen LogP contribution is -2.47. The van der Waals surface area contributed by atoms with Crippen molar-refractivity contribution in [1.82, 2.24) is 5.32 Å². The molecule has 32 heavy (non-hydrogen) atoms. The number of carbonyl (C=O) groups is 2. The van der Waals surface area contributed by atoms with Crippen molar-refractivity contribution >= 4 is 11.7 Å². The van der Waals surface area contributed by atoms with Gasteiger partial charge in [0, 0.05) is 0 Å². The quantitative estimate of drug-likeness (QED) is 0.506. The maximum absolute atomic E-state index is 13.3. The van der Waals surface area contributed by atoms with Crippen LogP contribution in [-0.2, 0) is 32.2 Å². The lowest BCUT2D eigenvalue weighted by molar-refractivity contribution is -0.143. The molecular formula is C21H16F7NO3. The number of carbonyl (C=O) groups excluding carboxylic acids is 2. The Labute approximate surface area is 177 Å². The van der Waals surface area contributed by atoms with Gasteiger partial charge in [-0.25, -0.2) is 4.39 Å². The van der Waals surface area contributed by atoms with E-state index in [9.17, 15) is 40.3 Å². The minimum absolute atomic E-state index is 0.00303. The normalized spacial score (nSPS) is 20.4. The van der Waals surface area contributed by atoms with Crippen molar-refractivity contribution in [3.63, 3.8) is 0 Å². The Bertz CT molecular complexity index is 999. The van der Waals surface area contributed by atoms with E-state index in [1.54, 1.807) is 0 Å². The molecule has 2 aromatic carbocycles. The van der Waals surface area contributed by atoms with Crippen LogP contribution in [0.3, 0.4) is 0 Å². The third-order valence-corrected chi connectivity index (χ3v) is 5.12. The van der Waals surface area contributed by atoms with E-state index >= 15 is 0 Å². The van der Waals surface area contributed by atoms with E-state index in [0.29, 0.717) is 12.1 Å². The summed E-state index contributed by atoms with van der Waals surface area (Å²) >= 11 is 0. The van der Waals surface area contributed by atoms with Gasteiger partial charge in [0.1, 0.15) is 11.4 Å². The molecule has 0 unspecified atom stereocenters. The first-order chi connectivity index (χ1) is 14.7. The number of alkyl halides is 6. The molecule has 0 radical (unpaired) electrons. The average molecular weight is 463 g/mol. The summed E-state index contributed by atoms with van der Waals surface area (Å²) in [7, 11) is 0. The van der Waals surface area contributed by atoms with Crippen LogP contribution in [-0.4, -0.2) is 18.3 Å². The molecule has 0 spiro atoms. The minimum atomic E-state index is -5.03. The van der Waals surface area contributed by atoms with Gasteiger partial charge in [-0.2, -0.15) is 26.3 Å². The number of halogens is 7. The highest BCUT2D eigenvalue weighted by Crippen LogP contribution is 2.38. The molecule has 0 saturated carbocycles. The van der Waals surface area contributed by atoms with Gasteiger partial charge in [-0.3, -0.25) is 9.59 Å². The fraction of sp³-hybridized carbons (Fsp3) is 0.333. The fourth-order valence-corrected chi connectivity index (χ4v) is 3.38. The SMILES string of the molecule is C[C@@H](OC[C@]1(c2ccc(F)cc2)NC(=O)CC1=O)c1cc(C(F)(F)F)cc(C(F)(F)F)c1. The number of rotatable bonds is 5. The molecule has 0 bridgehead atoms. The number of benzene rings is 2. The summed E-state index contributed by atoms with van der Waals surface area (Å²) < 4.78 is 97.4. The first-order valence-corrected chi connectivity index (χ1v) is 9.24. The first-order valence-electron chi connectivity index (χ1n) is 9.24. The maximum Gasteiger partial charge on any atom is 0.416 e. The molecule has 1 saturated heterocycles. The first kappa shape index (κ1) is 23.7. The average Bonchev–Trinajstić information content (AvgIpc) is 2.99. The smallest absolute Gasteiger partial charge is 0.371 e. The fourth-order valence-electron chi connectivity index (χ4n) is 3.38. The molecule has 1 aliphatic rings. The zero-order valence-electron chi connectivity index (χ0n) is 16.4. The van der Waals surface area contributed by atoms with Gasteiger partial charge in [0.15, 0.2) is 5.78 Å². The Morgan fingerprint density at radius 3 is 1.94 bits per heavy atom. The number of hydrogen-bond acceptors (Lipinski definition) is 3. The summed E-state index contributed by atoms with van der Waals surface area (Å²) in [5.74, 6) is -1.88. The highest BCUT2D eigenvalue weighted by Gasteiger charge is 2.48. The molecule has 172 valence electrons. The Morgan fingerprint density at radius 1 is 0.969 bits per heavy atom. The van der Waals surface area contributed by atoms with E-state index in [4.69, 9.17) is 4.74 Å². The second-order valence-electron chi connectivity index (χ2n) is 7.35. The van der Waals surface area contributed by atoms with E-state index in [1.165, 1.54) is 19.1 Å². The largest absolute Gasteiger partial charge is 0.416 e. The van der Waals surface area contributed by atoms with E-state index in [-0.39, 0.29) is 11.6 Å². The van der Waals surface area contributed by atoms with Crippen molar-refractivity contribution in [2.75, 3.05) is 6.61 Å². The number of nitrogens with one attached hydrogen (secondary N) is 1. The zero-order valence-corrected chi connectivity index (χ0v) is 16.4. The van der Waals surface area contributed by atoms with Crippen LogP contribution in [0.5, 0.6) is 0 Å².